The highest BCUT2D eigenvalue weighted by Gasteiger charge is 2.15. The molecule has 116 valence electrons. The first-order valence-electron chi connectivity index (χ1n) is 7.06. The fraction of sp³-hybridized carbons (Fsp3) is 0.125. The lowest BCUT2D eigenvalue weighted by Crippen LogP contribution is -2.13. The van der Waals surface area contributed by atoms with E-state index in [1.807, 2.05) is 0 Å². The summed E-state index contributed by atoms with van der Waals surface area (Å²) in [5.41, 5.74) is 1.76. The maximum absolute atomic E-state index is 12.1. The summed E-state index contributed by atoms with van der Waals surface area (Å²) in [6.07, 6.45) is 4.65. The Bertz CT molecular complexity index is 858. The van der Waals surface area contributed by atoms with E-state index in [1.54, 1.807) is 54.2 Å². The highest BCUT2D eigenvalue weighted by molar-refractivity contribution is 6.03. The predicted molar refractivity (Wildman–Crippen MR) is 83.3 cm³/mol. The predicted octanol–water partition coefficient (Wildman–Crippen LogP) is 2.16. The summed E-state index contributed by atoms with van der Waals surface area (Å²) < 4.78 is 6.54. The minimum absolute atomic E-state index is 0.284. The quantitative estimate of drug-likeness (QED) is 0.746. The molecular weight excluding hydrogens is 296 g/mol. The smallest absolute Gasteiger partial charge is 0.341 e. The zero-order valence-electron chi connectivity index (χ0n) is 12.4. The van der Waals surface area contributed by atoms with Crippen molar-refractivity contribution in [3.8, 4) is 0 Å². The van der Waals surface area contributed by atoms with Crippen LogP contribution in [0.3, 0.4) is 0 Å². The molecule has 3 aromatic heterocycles. The van der Waals surface area contributed by atoms with Crippen molar-refractivity contribution < 1.29 is 14.3 Å². The molecule has 0 saturated carbocycles. The van der Waals surface area contributed by atoms with E-state index in [0.29, 0.717) is 22.5 Å². The highest BCUT2D eigenvalue weighted by atomic mass is 16.5. The van der Waals surface area contributed by atoms with Gasteiger partial charge in [0.25, 0.3) is 5.91 Å². The fourth-order valence-corrected chi connectivity index (χ4v) is 2.12. The third-order valence-electron chi connectivity index (χ3n) is 3.17. The Balaban J connectivity index is 1.89. The maximum atomic E-state index is 12.1. The molecule has 0 aromatic carbocycles. The number of hydrogen-bond acceptors (Lipinski definition) is 5. The number of anilines is 1. The summed E-state index contributed by atoms with van der Waals surface area (Å²) in [6.45, 7) is 2.02. The number of fused-ring (bicyclic) bond motifs is 1. The number of ether oxygens (including phenoxy) is 1. The molecule has 3 heterocycles. The van der Waals surface area contributed by atoms with Gasteiger partial charge < -0.3 is 10.1 Å². The number of nitrogens with one attached hydrogen (secondary N) is 1. The number of amides is 1. The van der Waals surface area contributed by atoms with Crippen molar-refractivity contribution in [3.05, 3.63) is 60.2 Å². The Hall–Kier alpha value is -3.22. The van der Waals surface area contributed by atoms with Crippen LogP contribution in [0.4, 0.5) is 5.69 Å². The first-order valence-corrected chi connectivity index (χ1v) is 7.06. The molecule has 0 radical (unpaired) electrons. The lowest BCUT2D eigenvalue weighted by atomic mass is 10.2. The number of hydrogen-bond donors (Lipinski definition) is 1. The monoisotopic (exact) mass is 310 g/mol. The Morgan fingerprint density at radius 2 is 2.17 bits per heavy atom. The molecule has 0 aliphatic rings. The van der Waals surface area contributed by atoms with Crippen LogP contribution in [0.5, 0.6) is 0 Å². The van der Waals surface area contributed by atoms with Crippen molar-refractivity contribution in [2.24, 2.45) is 0 Å². The second-order valence-electron chi connectivity index (χ2n) is 4.69. The average molecular weight is 310 g/mol. The van der Waals surface area contributed by atoms with E-state index in [9.17, 15) is 9.59 Å². The molecule has 1 N–H and O–H groups in total. The van der Waals surface area contributed by atoms with E-state index in [4.69, 9.17) is 4.74 Å². The molecule has 3 rings (SSSR count). The summed E-state index contributed by atoms with van der Waals surface area (Å²) in [4.78, 5) is 28.0. The van der Waals surface area contributed by atoms with Crippen LogP contribution < -0.4 is 5.32 Å². The highest BCUT2D eigenvalue weighted by Crippen LogP contribution is 2.17. The van der Waals surface area contributed by atoms with Gasteiger partial charge in [0.2, 0.25) is 0 Å². The summed E-state index contributed by atoms with van der Waals surface area (Å²) >= 11 is 0. The lowest BCUT2D eigenvalue weighted by Gasteiger charge is -2.06. The van der Waals surface area contributed by atoms with Crippen LogP contribution >= 0.6 is 0 Å². The Labute approximate surface area is 131 Å². The lowest BCUT2D eigenvalue weighted by molar-refractivity contribution is 0.0528. The number of carbonyl (C=O) groups is 2. The number of nitrogens with zero attached hydrogens (tertiary/aromatic N) is 3. The molecule has 0 spiro atoms. The Morgan fingerprint density at radius 1 is 1.30 bits per heavy atom. The van der Waals surface area contributed by atoms with E-state index >= 15 is 0 Å². The average Bonchev–Trinajstić information content (AvgIpc) is 2.99. The second-order valence-corrected chi connectivity index (χ2v) is 4.69. The molecule has 0 unspecified atom stereocenters. The van der Waals surface area contributed by atoms with Gasteiger partial charge in [0.05, 0.1) is 18.3 Å². The molecule has 1 amide bonds. The van der Waals surface area contributed by atoms with Crippen LogP contribution in [-0.2, 0) is 4.74 Å². The summed E-state index contributed by atoms with van der Waals surface area (Å²) in [5, 5.41) is 6.83. The van der Waals surface area contributed by atoms with Crippen LogP contribution in [0.2, 0.25) is 0 Å². The van der Waals surface area contributed by atoms with Crippen LogP contribution in [-0.4, -0.2) is 33.1 Å². The molecule has 0 fully saturated rings. The van der Waals surface area contributed by atoms with Gasteiger partial charge in [-0.15, -0.1) is 0 Å². The molecular formula is C16H14N4O3. The minimum Gasteiger partial charge on any atom is -0.462 e. The van der Waals surface area contributed by atoms with Crippen LogP contribution in [0.25, 0.3) is 5.52 Å². The molecule has 0 aliphatic carbocycles. The first kappa shape index (κ1) is 14.7. The van der Waals surface area contributed by atoms with Gasteiger partial charge in [0, 0.05) is 18.1 Å². The van der Waals surface area contributed by atoms with Crippen LogP contribution in [0.15, 0.2) is 48.9 Å². The van der Waals surface area contributed by atoms with Gasteiger partial charge in [-0.2, -0.15) is 5.10 Å². The SMILES string of the molecule is CCOC(=O)c1cnn2ccc(NC(=O)c3ccccn3)cc12. The van der Waals surface area contributed by atoms with Gasteiger partial charge in [0.1, 0.15) is 11.3 Å². The summed E-state index contributed by atoms with van der Waals surface area (Å²) in [7, 11) is 0. The van der Waals surface area contributed by atoms with Crippen molar-refractivity contribution in [2.75, 3.05) is 11.9 Å². The molecule has 0 aliphatic heterocycles. The van der Waals surface area contributed by atoms with E-state index in [-0.39, 0.29) is 12.5 Å². The van der Waals surface area contributed by atoms with Gasteiger partial charge in [-0.1, -0.05) is 6.07 Å². The molecule has 23 heavy (non-hydrogen) atoms. The van der Waals surface area contributed by atoms with Gasteiger partial charge in [-0.25, -0.2) is 9.31 Å². The van der Waals surface area contributed by atoms with E-state index < -0.39 is 5.97 Å². The Kier molecular flexibility index (Phi) is 4.01. The minimum atomic E-state index is -0.448. The molecule has 7 heteroatoms. The topological polar surface area (TPSA) is 85.6 Å². The standard InChI is InChI=1S/C16H14N4O3/c1-2-23-16(22)12-10-18-20-8-6-11(9-14(12)20)19-15(21)13-5-3-4-7-17-13/h3-10H,2H2,1H3,(H,19,21). The van der Waals surface area contributed by atoms with Crippen molar-refractivity contribution in [2.45, 2.75) is 6.92 Å². The Morgan fingerprint density at radius 3 is 2.91 bits per heavy atom. The zero-order chi connectivity index (χ0) is 16.2. The van der Waals surface area contributed by atoms with Gasteiger partial charge in [0.15, 0.2) is 0 Å². The van der Waals surface area contributed by atoms with Crippen LogP contribution in [0.1, 0.15) is 27.8 Å². The van der Waals surface area contributed by atoms with E-state index in [2.05, 4.69) is 15.4 Å². The maximum Gasteiger partial charge on any atom is 0.341 e. The number of rotatable bonds is 4. The first-order chi connectivity index (χ1) is 11.2. The van der Waals surface area contributed by atoms with Crippen molar-refractivity contribution >= 4 is 23.1 Å². The van der Waals surface area contributed by atoms with Crippen molar-refractivity contribution in [3.63, 3.8) is 0 Å². The molecule has 0 atom stereocenters. The number of aromatic nitrogens is 3. The van der Waals surface area contributed by atoms with E-state index in [0.717, 1.165) is 0 Å². The largest absolute Gasteiger partial charge is 0.462 e. The van der Waals surface area contributed by atoms with Gasteiger partial charge in [-0.3, -0.25) is 9.78 Å². The fourth-order valence-electron chi connectivity index (χ4n) is 2.12. The molecule has 7 nitrogen and oxygen atoms in total. The summed E-state index contributed by atoms with van der Waals surface area (Å²) in [6, 6.07) is 8.45. The second kappa shape index (κ2) is 6.27. The van der Waals surface area contributed by atoms with Gasteiger partial charge in [-0.05, 0) is 31.2 Å². The third kappa shape index (κ3) is 3.03. The number of esters is 1. The zero-order valence-corrected chi connectivity index (χ0v) is 12.4. The molecule has 3 aromatic rings. The summed E-state index contributed by atoms with van der Waals surface area (Å²) in [5.74, 6) is -0.775. The number of carbonyl (C=O) groups excluding carboxylic acids is 2. The van der Waals surface area contributed by atoms with Crippen LogP contribution in [0, 0.1) is 0 Å². The molecule has 0 saturated heterocycles. The van der Waals surface area contributed by atoms with Crippen molar-refractivity contribution in [1.29, 1.82) is 0 Å². The third-order valence-corrected chi connectivity index (χ3v) is 3.17. The number of pyridine rings is 2. The van der Waals surface area contributed by atoms with Gasteiger partial charge >= 0.3 is 5.97 Å². The normalized spacial score (nSPS) is 10.5. The molecule has 0 bridgehead atoms. The van der Waals surface area contributed by atoms with E-state index in [1.165, 1.54) is 6.20 Å². The van der Waals surface area contributed by atoms with Crippen molar-refractivity contribution in [1.82, 2.24) is 14.6 Å².